The lowest BCUT2D eigenvalue weighted by Crippen LogP contribution is -2.20. The number of benzene rings is 1. The Bertz CT molecular complexity index is 540. The molecule has 1 aliphatic heterocycles. The smallest absolute Gasteiger partial charge is 0.0716 e. The number of hydrogen-bond donors (Lipinski definition) is 1. The molecule has 150 valence electrons. The first-order chi connectivity index (χ1) is 13.4. The molecule has 0 aromatic heterocycles. The molecule has 2 aliphatic rings. The van der Waals surface area contributed by atoms with Gasteiger partial charge in [-0.2, -0.15) is 0 Å². The molecule has 1 aromatic carbocycles. The monoisotopic (exact) mass is 369 g/mol. The number of nitrogens with one attached hydrogen (secondary N) is 1. The number of hydrogen-bond acceptors (Lipinski definition) is 2. The van der Waals surface area contributed by atoms with Crippen LogP contribution in [-0.4, -0.2) is 19.7 Å². The maximum Gasteiger partial charge on any atom is 0.0716 e. The number of ether oxygens (including phenoxy) is 1. The van der Waals surface area contributed by atoms with Crippen molar-refractivity contribution < 1.29 is 4.74 Å². The van der Waals surface area contributed by atoms with Gasteiger partial charge in [0.15, 0.2) is 0 Å². The van der Waals surface area contributed by atoms with E-state index >= 15 is 0 Å². The lowest BCUT2D eigenvalue weighted by Gasteiger charge is -2.14. The summed E-state index contributed by atoms with van der Waals surface area (Å²) in [7, 11) is 0. The van der Waals surface area contributed by atoms with Crippen LogP contribution in [0, 0.1) is 5.92 Å². The van der Waals surface area contributed by atoms with Gasteiger partial charge in [-0.1, -0.05) is 56.0 Å². The van der Waals surface area contributed by atoms with Gasteiger partial charge in [0, 0.05) is 6.61 Å². The Morgan fingerprint density at radius 3 is 2.67 bits per heavy atom. The molecule has 1 aromatic rings. The highest BCUT2D eigenvalue weighted by Gasteiger charge is 2.11. The van der Waals surface area contributed by atoms with E-state index in [1.54, 1.807) is 0 Å². The van der Waals surface area contributed by atoms with Gasteiger partial charge in [0.2, 0.25) is 0 Å². The van der Waals surface area contributed by atoms with Gasteiger partial charge in [0.25, 0.3) is 0 Å². The van der Waals surface area contributed by atoms with Crippen LogP contribution >= 0.6 is 0 Å². The first-order valence-electron chi connectivity index (χ1n) is 11.5. The molecule has 1 fully saturated rings. The van der Waals surface area contributed by atoms with Crippen molar-refractivity contribution in [2.45, 2.75) is 83.7 Å². The Labute approximate surface area is 166 Å². The second kappa shape index (κ2) is 12.4. The first kappa shape index (κ1) is 20.6. The molecule has 1 atom stereocenters. The summed E-state index contributed by atoms with van der Waals surface area (Å²) >= 11 is 0. The Balaban J connectivity index is 1.21. The minimum absolute atomic E-state index is 0.757. The third kappa shape index (κ3) is 7.79. The fourth-order valence-corrected chi connectivity index (χ4v) is 4.43. The minimum Gasteiger partial charge on any atom is -0.377 e. The summed E-state index contributed by atoms with van der Waals surface area (Å²) in [5.41, 5.74) is 4.24. The zero-order chi connectivity index (χ0) is 18.6. The molecule has 0 amide bonds. The van der Waals surface area contributed by atoms with Crippen molar-refractivity contribution in [2.24, 2.45) is 5.92 Å². The van der Waals surface area contributed by atoms with Crippen LogP contribution in [0.5, 0.6) is 0 Å². The van der Waals surface area contributed by atoms with Crippen molar-refractivity contribution in [3.8, 4) is 0 Å². The largest absolute Gasteiger partial charge is 0.377 e. The average Bonchev–Trinajstić information content (AvgIpc) is 3.00. The summed E-state index contributed by atoms with van der Waals surface area (Å²) in [5, 5.41) is 3.58. The van der Waals surface area contributed by atoms with E-state index in [9.17, 15) is 0 Å². The van der Waals surface area contributed by atoms with Crippen LogP contribution in [0.25, 0.3) is 5.57 Å². The molecule has 0 radical (unpaired) electrons. The standard InChI is InChI=1S/C25H39NO/c1(4-10-22-11-7-8-18-26-20-22)2-9-19-27-21-23-14-16-25(17-15-23)24-12-5-3-6-13-24/h12,14-17,22,26H,1-11,13,18-21H2. The van der Waals surface area contributed by atoms with Gasteiger partial charge < -0.3 is 10.1 Å². The minimum atomic E-state index is 0.757. The third-order valence-corrected chi connectivity index (χ3v) is 6.18. The molecule has 0 bridgehead atoms. The van der Waals surface area contributed by atoms with Gasteiger partial charge in [-0.15, -0.1) is 0 Å². The predicted octanol–water partition coefficient (Wildman–Crippen LogP) is 6.50. The van der Waals surface area contributed by atoms with E-state index in [0.29, 0.717) is 0 Å². The summed E-state index contributed by atoms with van der Waals surface area (Å²) in [4.78, 5) is 0. The lowest BCUT2D eigenvalue weighted by atomic mass is 9.93. The van der Waals surface area contributed by atoms with Crippen LogP contribution < -0.4 is 5.32 Å². The molecule has 2 heteroatoms. The van der Waals surface area contributed by atoms with Crippen LogP contribution in [0.15, 0.2) is 30.3 Å². The van der Waals surface area contributed by atoms with Crippen LogP contribution in [0.2, 0.25) is 0 Å². The third-order valence-electron chi connectivity index (χ3n) is 6.18. The molecule has 27 heavy (non-hydrogen) atoms. The molecule has 0 saturated carbocycles. The molecule has 1 unspecified atom stereocenters. The highest BCUT2D eigenvalue weighted by Crippen LogP contribution is 2.26. The van der Waals surface area contributed by atoms with Crippen LogP contribution in [-0.2, 0) is 11.3 Å². The normalized spacial score (nSPS) is 20.9. The van der Waals surface area contributed by atoms with E-state index in [2.05, 4.69) is 35.7 Å². The van der Waals surface area contributed by atoms with E-state index < -0.39 is 0 Å². The second-order valence-corrected chi connectivity index (χ2v) is 8.49. The molecule has 1 N–H and O–H groups in total. The van der Waals surface area contributed by atoms with Gasteiger partial charge in [0.05, 0.1) is 6.61 Å². The molecule has 1 heterocycles. The van der Waals surface area contributed by atoms with Crippen molar-refractivity contribution in [3.63, 3.8) is 0 Å². The van der Waals surface area contributed by atoms with Gasteiger partial charge in [0.1, 0.15) is 0 Å². The maximum atomic E-state index is 5.89. The summed E-state index contributed by atoms with van der Waals surface area (Å²) in [6, 6.07) is 9.04. The van der Waals surface area contributed by atoms with E-state index in [0.717, 1.165) is 19.1 Å². The molecule has 2 nitrogen and oxygen atoms in total. The summed E-state index contributed by atoms with van der Waals surface area (Å²) in [5.74, 6) is 0.927. The van der Waals surface area contributed by atoms with Crippen molar-refractivity contribution in [3.05, 3.63) is 41.5 Å². The summed E-state index contributed by atoms with van der Waals surface area (Å²) < 4.78 is 5.89. The van der Waals surface area contributed by atoms with Crippen molar-refractivity contribution in [1.29, 1.82) is 0 Å². The van der Waals surface area contributed by atoms with Gasteiger partial charge in [-0.25, -0.2) is 0 Å². The van der Waals surface area contributed by atoms with Crippen LogP contribution in [0.3, 0.4) is 0 Å². The van der Waals surface area contributed by atoms with Gasteiger partial charge in [-0.3, -0.25) is 0 Å². The lowest BCUT2D eigenvalue weighted by molar-refractivity contribution is 0.116. The first-order valence-corrected chi connectivity index (χ1v) is 11.5. The fourth-order valence-electron chi connectivity index (χ4n) is 4.43. The Morgan fingerprint density at radius 1 is 0.926 bits per heavy atom. The molecular formula is C25H39NO. The number of unbranched alkanes of at least 4 members (excludes halogenated alkanes) is 3. The molecule has 1 saturated heterocycles. The topological polar surface area (TPSA) is 21.3 Å². The number of allylic oxidation sites excluding steroid dienone is 2. The van der Waals surface area contributed by atoms with Crippen LogP contribution in [0.1, 0.15) is 88.2 Å². The van der Waals surface area contributed by atoms with Crippen molar-refractivity contribution in [2.75, 3.05) is 19.7 Å². The average molecular weight is 370 g/mol. The highest BCUT2D eigenvalue weighted by molar-refractivity contribution is 5.66. The van der Waals surface area contributed by atoms with E-state index in [1.807, 2.05) is 0 Å². The number of rotatable bonds is 10. The zero-order valence-corrected chi connectivity index (χ0v) is 17.2. The fraction of sp³-hybridized carbons (Fsp3) is 0.680. The van der Waals surface area contributed by atoms with Crippen molar-refractivity contribution >= 4 is 5.57 Å². The summed E-state index contributed by atoms with van der Waals surface area (Å²) in [6.45, 7) is 4.14. The van der Waals surface area contributed by atoms with Crippen molar-refractivity contribution in [1.82, 2.24) is 5.32 Å². The second-order valence-electron chi connectivity index (χ2n) is 8.49. The Kier molecular flexibility index (Phi) is 9.44. The zero-order valence-electron chi connectivity index (χ0n) is 17.2. The highest BCUT2D eigenvalue weighted by atomic mass is 16.5. The van der Waals surface area contributed by atoms with Crippen LogP contribution in [0.4, 0.5) is 0 Å². The quantitative estimate of drug-likeness (QED) is 0.475. The molecule has 1 aliphatic carbocycles. The van der Waals surface area contributed by atoms with E-state index in [-0.39, 0.29) is 0 Å². The molecule has 0 spiro atoms. The predicted molar refractivity (Wildman–Crippen MR) is 116 cm³/mol. The van der Waals surface area contributed by atoms with E-state index in [1.165, 1.54) is 107 Å². The molecular weight excluding hydrogens is 330 g/mol. The Hall–Kier alpha value is -1.12. The molecule has 3 rings (SSSR count). The Morgan fingerprint density at radius 2 is 1.81 bits per heavy atom. The van der Waals surface area contributed by atoms with Gasteiger partial charge >= 0.3 is 0 Å². The summed E-state index contributed by atoms with van der Waals surface area (Å²) in [6.07, 6.45) is 18.5. The SMILES string of the molecule is C1=C(c2ccc(COCCCCCCC3CCCCNC3)cc2)CCCC1. The van der Waals surface area contributed by atoms with E-state index in [4.69, 9.17) is 4.74 Å². The van der Waals surface area contributed by atoms with Gasteiger partial charge in [-0.05, 0) is 87.1 Å². The maximum absolute atomic E-state index is 5.89.